The normalized spacial score (nSPS) is 15.8. The SMILES string of the molecule is CCOc1ccc(Cl)cc1/C=C1\C(=O)NC(=O)N(c2cccc(Cl)c2C)C1=O. The summed E-state index contributed by atoms with van der Waals surface area (Å²) in [6.07, 6.45) is 1.36. The number of carbonyl (C=O) groups excluding carboxylic acids is 3. The number of halogens is 2. The third-order valence-electron chi connectivity index (χ3n) is 4.15. The van der Waals surface area contributed by atoms with Crippen LogP contribution in [0, 0.1) is 6.92 Å². The zero-order valence-corrected chi connectivity index (χ0v) is 16.6. The average molecular weight is 419 g/mol. The van der Waals surface area contributed by atoms with Gasteiger partial charge in [0.1, 0.15) is 11.3 Å². The van der Waals surface area contributed by atoms with Crippen molar-refractivity contribution in [2.75, 3.05) is 11.5 Å². The van der Waals surface area contributed by atoms with Crippen molar-refractivity contribution < 1.29 is 19.1 Å². The van der Waals surface area contributed by atoms with E-state index in [9.17, 15) is 14.4 Å². The molecule has 8 heteroatoms. The molecule has 0 unspecified atom stereocenters. The van der Waals surface area contributed by atoms with Gasteiger partial charge in [0.15, 0.2) is 0 Å². The largest absolute Gasteiger partial charge is 0.493 e. The smallest absolute Gasteiger partial charge is 0.335 e. The molecule has 0 saturated carbocycles. The standard InChI is InChI=1S/C20H16Cl2N2O4/c1-3-28-17-8-7-13(21)9-12(17)10-14-18(25)23-20(27)24(19(14)26)16-6-4-5-15(22)11(16)2/h4-10H,3H2,1-2H3,(H,23,25,27)/b14-10+. The van der Waals surface area contributed by atoms with Crippen molar-refractivity contribution in [3.05, 3.63) is 63.1 Å². The van der Waals surface area contributed by atoms with Crippen LogP contribution < -0.4 is 15.0 Å². The van der Waals surface area contributed by atoms with Gasteiger partial charge in [0.25, 0.3) is 11.8 Å². The van der Waals surface area contributed by atoms with Crippen LogP contribution >= 0.6 is 23.2 Å². The lowest BCUT2D eigenvalue weighted by Crippen LogP contribution is -2.54. The van der Waals surface area contributed by atoms with E-state index in [1.165, 1.54) is 6.08 Å². The van der Waals surface area contributed by atoms with Crippen molar-refractivity contribution in [3.63, 3.8) is 0 Å². The fourth-order valence-corrected chi connectivity index (χ4v) is 3.14. The van der Waals surface area contributed by atoms with Crippen molar-refractivity contribution >= 4 is 52.8 Å². The number of carbonyl (C=O) groups is 3. The summed E-state index contributed by atoms with van der Waals surface area (Å²) in [7, 11) is 0. The minimum absolute atomic E-state index is 0.220. The van der Waals surface area contributed by atoms with Crippen LogP contribution in [0.25, 0.3) is 6.08 Å². The van der Waals surface area contributed by atoms with Gasteiger partial charge in [-0.3, -0.25) is 14.9 Å². The minimum Gasteiger partial charge on any atom is -0.493 e. The molecule has 144 valence electrons. The van der Waals surface area contributed by atoms with Crippen LogP contribution in [0.4, 0.5) is 10.5 Å². The number of rotatable bonds is 4. The van der Waals surface area contributed by atoms with Gasteiger partial charge >= 0.3 is 6.03 Å². The van der Waals surface area contributed by atoms with Gasteiger partial charge in [0, 0.05) is 15.6 Å². The average Bonchev–Trinajstić information content (AvgIpc) is 2.64. The first-order valence-electron chi connectivity index (χ1n) is 8.42. The van der Waals surface area contributed by atoms with Crippen LogP contribution in [0.5, 0.6) is 5.75 Å². The predicted molar refractivity (Wildman–Crippen MR) is 108 cm³/mol. The Kier molecular flexibility index (Phi) is 5.72. The summed E-state index contributed by atoms with van der Waals surface area (Å²) in [4.78, 5) is 38.6. The molecule has 28 heavy (non-hydrogen) atoms. The van der Waals surface area contributed by atoms with E-state index < -0.39 is 17.8 Å². The molecule has 0 aromatic heterocycles. The Morgan fingerprint density at radius 1 is 1.14 bits per heavy atom. The molecule has 0 radical (unpaired) electrons. The first kappa shape index (κ1) is 19.9. The number of amides is 4. The van der Waals surface area contributed by atoms with Crippen LogP contribution in [0.1, 0.15) is 18.1 Å². The quantitative estimate of drug-likeness (QED) is 0.590. The number of barbiturate groups is 1. The zero-order chi connectivity index (χ0) is 20.4. The summed E-state index contributed by atoms with van der Waals surface area (Å²) >= 11 is 12.2. The first-order valence-corrected chi connectivity index (χ1v) is 9.18. The highest BCUT2D eigenvalue weighted by atomic mass is 35.5. The van der Waals surface area contributed by atoms with E-state index >= 15 is 0 Å². The summed E-state index contributed by atoms with van der Waals surface area (Å²) in [5.41, 5.74) is 1.07. The summed E-state index contributed by atoms with van der Waals surface area (Å²) in [5.74, 6) is -1.10. The monoisotopic (exact) mass is 418 g/mol. The van der Waals surface area contributed by atoms with Crippen molar-refractivity contribution in [1.82, 2.24) is 5.32 Å². The molecule has 3 rings (SSSR count). The third kappa shape index (κ3) is 3.74. The number of hydrogen-bond donors (Lipinski definition) is 1. The fraction of sp³-hybridized carbons (Fsp3) is 0.150. The zero-order valence-electron chi connectivity index (χ0n) is 15.1. The highest BCUT2D eigenvalue weighted by Gasteiger charge is 2.37. The molecule has 6 nitrogen and oxygen atoms in total. The van der Waals surface area contributed by atoms with E-state index in [0.29, 0.717) is 39.2 Å². The minimum atomic E-state index is -0.839. The van der Waals surface area contributed by atoms with Crippen LogP contribution in [0.15, 0.2) is 42.0 Å². The van der Waals surface area contributed by atoms with Crippen molar-refractivity contribution in [2.45, 2.75) is 13.8 Å². The molecule has 1 aliphatic rings. The predicted octanol–water partition coefficient (Wildman–Crippen LogP) is 4.37. The van der Waals surface area contributed by atoms with Crippen LogP contribution in [-0.4, -0.2) is 24.5 Å². The van der Waals surface area contributed by atoms with Crippen LogP contribution in [0.2, 0.25) is 10.0 Å². The summed E-state index contributed by atoms with van der Waals surface area (Å²) < 4.78 is 5.53. The number of hydrogen-bond acceptors (Lipinski definition) is 4. The van der Waals surface area contributed by atoms with Crippen molar-refractivity contribution in [2.24, 2.45) is 0 Å². The Morgan fingerprint density at radius 2 is 1.89 bits per heavy atom. The highest BCUT2D eigenvalue weighted by Crippen LogP contribution is 2.31. The Balaban J connectivity index is 2.10. The number of anilines is 1. The van der Waals surface area contributed by atoms with Gasteiger partial charge in [-0.05, 0) is 55.8 Å². The number of nitrogens with zero attached hydrogens (tertiary/aromatic N) is 1. The Bertz CT molecular complexity index is 1020. The summed E-state index contributed by atoms with van der Waals surface area (Å²) in [6.45, 7) is 3.89. The molecule has 0 spiro atoms. The van der Waals surface area contributed by atoms with Gasteiger partial charge in [-0.15, -0.1) is 0 Å². The Morgan fingerprint density at radius 3 is 2.61 bits per heavy atom. The molecule has 1 saturated heterocycles. The molecular formula is C20H16Cl2N2O4. The maximum Gasteiger partial charge on any atom is 0.335 e. The molecule has 1 heterocycles. The molecule has 1 aliphatic heterocycles. The molecule has 0 bridgehead atoms. The molecule has 1 N–H and O–H groups in total. The van der Waals surface area contributed by atoms with Crippen molar-refractivity contribution in [3.8, 4) is 5.75 Å². The fourth-order valence-electron chi connectivity index (χ4n) is 2.79. The van der Waals surface area contributed by atoms with Crippen molar-refractivity contribution in [1.29, 1.82) is 0 Å². The maximum atomic E-state index is 13.0. The van der Waals surface area contributed by atoms with Gasteiger partial charge < -0.3 is 4.74 Å². The highest BCUT2D eigenvalue weighted by molar-refractivity contribution is 6.40. The molecule has 0 atom stereocenters. The molecular weight excluding hydrogens is 403 g/mol. The second-order valence-electron chi connectivity index (χ2n) is 5.96. The number of benzene rings is 2. The van der Waals surface area contributed by atoms with E-state index in [4.69, 9.17) is 27.9 Å². The van der Waals surface area contributed by atoms with Gasteiger partial charge in [-0.2, -0.15) is 0 Å². The van der Waals surface area contributed by atoms with Crippen LogP contribution in [-0.2, 0) is 9.59 Å². The van der Waals surface area contributed by atoms with Gasteiger partial charge in [-0.1, -0.05) is 29.3 Å². The number of nitrogens with one attached hydrogen (secondary N) is 1. The lowest BCUT2D eigenvalue weighted by atomic mass is 10.0. The second-order valence-corrected chi connectivity index (χ2v) is 6.80. The third-order valence-corrected chi connectivity index (χ3v) is 4.80. The molecule has 2 aromatic carbocycles. The van der Waals surface area contributed by atoms with E-state index in [2.05, 4.69) is 5.32 Å². The van der Waals surface area contributed by atoms with Crippen LogP contribution in [0.3, 0.4) is 0 Å². The molecule has 1 fully saturated rings. The first-order chi connectivity index (χ1) is 13.3. The topological polar surface area (TPSA) is 75.7 Å². The van der Waals surface area contributed by atoms with E-state index in [0.717, 1.165) is 4.90 Å². The lowest BCUT2D eigenvalue weighted by molar-refractivity contribution is -0.122. The van der Waals surface area contributed by atoms with Gasteiger partial charge in [0.05, 0.1) is 12.3 Å². The summed E-state index contributed by atoms with van der Waals surface area (Å²) in [6, 6.07) is 8.87. The van der Waals surface area contributed by atoms with Gasteiger partial charge in [-0.25, -0.2) is 9.69 Å². The molecule has 4 amide bonds. The van der Waals surface area contributed by atoms with E-state index in [1.54, 1.807) is 43.3 Å². The Hall–Kier alpha value is -2.83. The number of imide groups is 2. The van der Waals surface area contributed by atoms with Gasteiger partial charge in [0.2, 0.25) is 0 Å². The Labute approximate surface area is 171 Å². The lowest BCUT2D eigenvalue weighted by Gasteiger charge is -2.27. The number of urea groups is 1. The molecule has 2 aromatic rings. The van der Waals surface area contributed by atoms with E-state index in [-0.39, 0.29) is 5.57 Å². The maximum absolute atomic E-state index is 13.0. The molecule has 0 aliphatic carbocycles. The van der Waals surface area contributed by atoms with E-state index in [1.807, 2.05) is 6.92 Å². The second kappa shape index (κ2) is 8.04. The summed E-state index contributed by atoms with van der Waals surface area (Å²) in [5, 5.41) is 3.00. The number of ether oxygens (including phenoxy) is 1.